The first-order valence-electron chi connectivity index (χ1n) is 9.20. The molecule has 1 spiro atoms. The Balaban J connectivity index is 1.67. The number of unbranched alkanes of at least 4 members (excludes halogenated alkanes) is 1. The summed E-state index contributed by atoms with van der Waals surface area (Å²) in [6.07, 6.45) is 7.56. The number of carbonyl (C=O) groups excluding carboxylic acids is 1. The summed E-state index contributed by atoms with van der Waals surface area (Å²) in [6, 6.07) is 0. The zero-order chi connectivity index (χ0) is 16.5. The van der Waals surface area contributed by atoms with Gasteiger partial charge in [-0.15, -0.1) is 0 Å². The molecule has 0 N–H and O–H groups in total. The van der Waals surface area contributed by atoms with E-state index in [-0.39, 0.29) is 17.1 Å². The minimum atomic E-state index is -3.13. The lowest BCUT2D eigenvalue weighted by Crippen LogP contribution is -2.55. The normalized spacial score (nSPS) is 30.1. The summed E-state index contributed by atoms with van der Waals surface area (Å²) in [5, 5.41) is 0. The molecule has 0 aromatic heterocycles. The van der Waals surface area contributed by atoms with Gasteiger partial charge in [0.25, 0.3) is 0 Å². The molecule has 2 heterocycles. The number of likely N-dealkylation sites (tertiary alicyclic amines) is 1. The molecular weight excluding hydrogens is 312 g/mol. The maximum atomic E-state index is 12.5. The Kier molecular flexibility index (Phi) is 5.02. The molecule has 1 aliphatic carbocycles. The first-order valence-corrected chi connectivity index (χ1v) is 10.8. The molecule has 0 aromatic rings. The van der Waals surface area contributed by atoms with Gasteiger partial charge in [0.05, 0.1) is 5.75 Å². The van der Waals surface area contributed by atoms with Crippen molar-refractivity contribution < 1.29 is 13.2 Å². The lowest BCUT2D eigenvalue weighted by Gasteiger charge is -2.47. The van der Waals surface area contributed by atoms with Gasteiger partial charge in [0, 0.05) is 38.0 Å². The highest BCUT2D eigenvalue weighted by molar-refractivity contribution is 7.89. The van der Waals surface area contributed by atoms with E-state index < -0.39 is 10.0 Å². The fourth-order valence-corrected chi connectivity index (χ4v) is 5.86. The van der Waals surface area contributed by atoms with E-state index >= 15 is 0 Å². The molecule has 6 heteroatoms. The molecule has 5 nitrogen and oxygen atoms in total. The third-order valence-electron chi connectivity index (χ3n) is 5.70. The van der Waals surface area contributed by atoms with Crippen molar-refractivity contribution in [2.75, 3.05) is 31.9 Å². The molecule has 1 unspecified atom stereocenters. The number of hydrogen-bond donors (Lipinski definition) is 0. The second-order valence-corrected chi connectivity index (χ2v) is 9.91. The minimum absolute atomic E-state index is 0.000332. The molecule has 1 saturated carbocycles. The van der Waals surface area contributed by atoms with Crippen LogP contribution in [0.25, 0.3) is 0 Å². The van der Waals surface area contributed by atoms with Gasteiger partial charge in [-0.25, -0.2) is 12.7 Å². The van der Waals surface area contributed by atoms with E-state index in [0.717, 1.165) is 45.2 Å². The summed E-state index contributed by atoms with van der Waals surface area (Å²) in [7, 11) is -3.13. The van der Waals surface area contributed by atoms with Crippen LogP contribution < -0.4 is 0 Å². The Morgan fingerprint density at radius 3 is 2.70 bits per heavy atom. The van der Waals surface area contributed by atoms with E-state index in [1.165, 1.54) is 12.8 Å². The molecule has 23 heavy (non-hydrogen) atoms. The van der Waals surface area contributed by atoms with Crippen LogP contribution >= 0.6 is 0 Å². The van der Waals surface area contributed by atoms with Crippen LogP contribution in [0.15, 0.2) is 0 Å². The Hall–Kier alpha value is -0.620. The van der Waals surface area contributed by atoms with Gasteiger partial charge >= 0.3 is 0 Å². The summed E-state index contributed by atoms with van der Waals surface area (Å²) in [5.41, 5.74) is 0.000332. The largest absolute Gasteiger partial charge is 0.342 e. The molecular formula is C17H30N2O3S. The molecule has 0 aromatic carbocycles. The highest BCUT2D eigenvalue weighted by Gasteiger charge is 2.44. The SMILES string of the molecule is CCCCS(=O)(=O)N1CCCC2(CCC(=O)N(CC3CC3)C2)C1. The Bertz CT molecular complexity index is 544. The Morgan fingerprint density at radius 2 is 2.00 bits per heavy atom. The highest BCUT2D eigenvalue weighted by Crippen LogP contribution is 2.41. The Morgan fingerprint density at radius 1 is 1.22 bits per heavy atom. The first kappa shape index (κ1) is 17.2. The molecule has 132 valence electrons. The smallest absolute Gasteiger partial charge is 0.222 e. The van der Waals surface area contributed by atoms with Crippen LogP contribution in [-0.2, 0) is 14.8 Å². The summed E-state index contributed by atoms with van der Waals surface area (Å²) < 4.78 is 26.8. The van der Waals surface area contributed by atoms with Crippen molar-refractivity contribution in [2.45, 2.75) is 58.3 Å². The van der Waals surface area contributed by atoms with Gasteiger partial charge in [0.15, 0.2) is 0 Å². The van der Waals surface area contributed by atoms with Crippen LogP contribution in [0.4, 0.5) is 0 Å². The van der Waals surface area contributed by atoms with Crippen molar-refractivity contribution in [1.29, 1.82) is 0 Å². The summed E-state index contributed by atoms with van der Waals surface area (Å²) in [6.45, 7) is 4.96. The van der Waals surface area contributed by atoms with Gasteiger partial charge in [-0.3, -0.25) is 4.79 Å². The number of sulfonamides is 1. The number of nitrogens with zero attached hydrogens (tertiary/aromatic N) is 2. The maximum Gasteiger partial charge on any atom is 0.222 e. The predicted octanol–water partition coefficient (Wildman–Crippen LogP) is 2.23. The van der Waals surface area contributed by atoms with E-state index in [1.54, 1.807) is 4.31 Å². The van der Waals surface area contributed by atoms with E-state index in [1.807, 2.05) is 11.8 Å². The molecule has 3 fully saturated rings. The molecule has 0 bridgehead atoms. The lowest BCUT2D eigenvalue weighted by atomic mass is 9.74. The van der Waals surface area contributed by atoms with Crippen LogP contribution in [-0.4, -0.2) is 55.5 Å². The average Bonchev–Trinajstić information content (AvgIpc) is 3.33. The second-order valence-electron chi connectivity index (χ2n) is 7.82. The lowest BCUT2D eigenvalue weighted by molar-refractivity contribution is -0.139. The molecule has 0 radical (unpaired) electrons. The topological polar surface area (TPSA) is 57.7 Å². The number of hydrogen-bond acceptors (Lipinski definition) is 3. The van der Waals surface area contributed by atoms with Gasteiger partial charge in [-0.05, 0) is 44.4 Å². The minimum Gasteiger partial charge on any atom is -0.342 e. The molecule has 3 rings (SSSR count). The number of rotatable bonds is 6. The Labute approximate surface area is 140 Å². The molecule has 1 amide bonds. The average molecular weight is 343 g/mol. The van der Waals surface area contributed by atoms with Crippen molar-refractivity contribution >= 4 is 15.9 Å². The van der Waals surface area contributed by atoms with Crippen molar-refractivity contribution in [3.05, 3.63) is 0 Å². The fourth-order valence-electron chi connectivity index (χ4n) is 4.07. The van der Waals surface area contributed by atoms with E-state index in [4.69, 9.17) is 0 Å². The standard InChI is InChI=1S/C17H30N2O3S/c1-2-3-11-23(21,22)19-10-4-8-17(14-19)9-7-16(20)18(13-17)12-15-5-6-15/h15H,2-14H2,1H3. The van der Waals surface area contributed by atoms with E-state index in [0.29, 0.717) is 25.4 Å². The zero-order valence-corrected chi connectivity index (χ0v) is 15.1. The van der Waals surface area contributed by atoms with Crippen LogP contribution in [0, 0.1) is 11.3 Å². The number of amides is 1. The third-order valence-corrected chi connectivity index (χ3v) is 7.60. The summed E-state index contributed by atoms with van der Waals surface area (Å²) in [5.74, 6) is 1.24. The maximum absolute atomic E-state index is 12.5. The van der Waals surface area contributed by atoms with Crippen molar-refractivity contribution in [1.82, 2.24) is 9.21 Å². The molecule has 2 saturated heterocycles. The summed E-state index contributed by atoms with van der Waals surface area (Å²) >= 11 is 0. The van der Waals surface area contributed by atoms with Gasteiger partial charge < -0.3 is 4.90 Å². The number of piperidine rings is 2. The third kappa shape index (κ3) is 4.08. The van der Waals surface area contributed by atoms with Gasteiger partial charge in [-0.2, -0.15) is 0 Å². The fraction of sp³-hybridized carbons (Fsp3) is 0.941. The summed E-state index contributed by atoms with van der Waals surface area (Å²) in [4.78, 5) is 14.2. The van der Waals surface area contributed by atoms with Crippen molar-refractivity contribution in [3.63, 3.8) is 0 Å². The van der Waals surface area contributed by atoms with Gasteiger partial charge in [0.2, 0.25) is 15.9 Å². The monoisotopic (exact) mass is 342 g/mol. The quantitative estimate of drug-likeness (QED) is 0.744. The molecule has 1 atom stereocenters. The van der Waals surface area contributed by atoms with Crippen molar-refractivity contribution in [2.24, 2.45) is 11.3 Å². The van der Waals surface area contributed by atoms with Gasteiger partial charge in [-0.1, -0.05) is 13.3 Å². The van der Waals surface area contributed by atoms with Crippen LogP contribution in [0.5, 0.6) is 0 Å². The van der Waals surface area contributed by atoms with E-state index in [2.05, 4.69) is 0 Å². The second kappa shape index (κ2) is 6.71. The van der Waals surface area contributed by atoms with Crippen LogP contribution in [0.1, 0.15) is 58.3 Å². The first-order chi connectivity index (χ1) is 10.9. The van der Waals surface area contributed by atoms with Crippen LogP contribution in [0.2, 0.25) is 0 Å². The van der Waals surface area contributed by atoms with E-state index in [9.17, 15) is 13.2 Å². The molecule has 3 aliphatic rings. The van der Waals surface area contributed by atoms with Gasteiger partial charge in [0.1, 0.15) is 0 Å². The number of carbonyl (C=O) groups is 1. The molecule has 2 aliphatic heterocycles. The van der Waals surface area contributed by atoms with Crippen molar-refractivity contribution in [3.8, 4) is 0 Å². The predicted molar refractivity (Wildman–Crippen MR) is 90.5 cm³/mol. The van der Waals surface area contributed by atoms with Crippen LogP contribution in [0.3, 0.4) is 0 Å². The zero-order valence-electron chi connectivity index (χ0n) is 14.3. The highest BCUT2D eigenvalue weighted by atomic mass is 32.2.